The smallest absolute Gasteiger partial charge is 0.426 e. The second-order valence-electron chi connectivity index (χ2n) is 29.9. The van der Waals surface area contributed by atoms with E-state index in [0.717, 1.165) is 55.3 Å². The summed E-state index contributed by atoms with van der Waals surface area (Å²) in [5.41, 5.74) is 9.62. The minimum atomic E-state index is -2.18. The summed E-state index contributed by atoms with van der Waals surface area (Å²) in [4.78, 5) is 0. The lowest BCUT2D eigenvalue weighted by Gasteiger charge is -2.39. The van der Waals surface area contributed by atoms with E-state index in [1.807, 2.05) is 13.8 Å². The first-order valence-corrected chi connectivity index (χ1v) is 28.8. The topological polar surface area (TPSA) is 81.7 Å². The van der Waals surface area contributed by atoms with Gasteiger partial charge in [-0.3, -0.25) is 9.05 Å². The van der Waals surface area contributed by atoms with Crippen molar-refractivity contribution in [2.75, 3.05) is 19.8 Å². The van der Waals surface area contributed by atoms with Crippen LogP contribution in [-0.4, -0.2) is 31.2 Å². The van der Waals surface area contributed by atoms with Crippen LogP contribution in [0.4, 0.5) is 0 Å². The van der Waals surface area contributed by atoms with Crippen LogP contribution in [0.3, 0.4) is 0 Å². The molecule has 2 aliphatic heterocycles. The maximum absolute atomic E-state index is 7.75. The Morgan fingerprint density at radius 3 is 1.07 bits per heavy atom. The molecule has 1 atom stereocenters. The van der Waals surface area contributed by atoms with Gasteiger partial charge in [0.1, 0.15) is 28.3 Å². The Kier molecular flexibility index (Phi) is 14.7. The fourth-order valence-corrected chi connectivity index (χ4v) is 11.7. The van der Waals surface area contributed by atoms with Crippen molar-refractivity contribution in [3.63, 3.8) is 0 Å². The molecule has 1 unspecified atom stereocenters. The number of hydrogen-bond acceptors (Lipinski definition) is 8. The van der Waals surface area contributed by atoms with E-state index < -0.39 is 33.6 Å². The normalized spacial score (nSPS) is 18.2. The molecule has 0 bridgehead atoms. The summed E-state index contributed by atoms with van der Waals surface area (Å²) in [5.74, 6) is 0.672. The second kappa shape index (κ2) is 18.7. The fourth-order valence-electron chi connectivity index (χ4n) is 9.28. The van der Waals surface area contributed by atoms with Gasteiger partial charge < -0.3 is 26.9 Å². The quantitative estimate of drug-likeness (QED) is 0.161. The summed E-state index contributed by atoms with van der Waals surface area (Å²) in [5, 5.41) is 2.04. The zero-order valence-electron chi connectivity index (χ0n) is 49.9. The lowest BCUT2D eigenvalue weighted by Crippen LogP contribution is -2.52. The van der Waals surface area contributed by atoms with Crippen LogP contribution in [0.2, 0.25) is 0 Å². The van der Waals surface area contributed by atoms with Crippen LogP contribution < -0.4 is 9.05 Å². The molecule has 2 aliphatic rings. The third kappa shape index (κ3) is 12.3. The van der Waals surface area contributed by atoms with E-state index in [1.54, 1.807) is 0 Å². The summed E-state index contributed by atoms with van der Waals surface area (Å²) in [6.45, 7) is 59.3. The molecular formula is C63H92O8P2. The van der Waals surface area contributed by atoms with Crippen molar-refractivity contribution in [2.45, 2.75) is 235 Å². The van der Waals surface area contributed by atoms with Crippen molar-refractivity contribution < 1.29 is 36.0 Å². The van der Waals surface area contributed by atoms with E-state index in [9.17, 15) is 0 Å². The van der Waals surface area contributed by atoms with Crippen LogP contribution in [0.1, 0.15) is 225 Å². The molecule has 0 radical (unpaired) electrons. The molecule has 2 saturated heterocycles. The standard InChI is InChI=1S/C63H92O8P2/c1-54(2,3)38-27-42(50(46(31-38)58(13,14)15)67-72-66-37-63(71-72)35-64-62(25,26)65-36-63)43-28-39(55(4,5)6)32-47(59(16,17)18)51(43)68-73-69-52-44(29-40(56(7,8)9)33-48(52)60(19,20)21)45-30-41(57(10,11)12)34-49(53(45)70-73)61(22,23)24/h27-34H,35-37H2,1-26H3. The Hall–Kier alpha value is -3.35. The van der Waals surface area contributed by atoms with E-state index in [0.29, 0.717) is 31.3 Å². The van der Waals surface area contributed by atoms with Crippen LogP contribution >= 0.6 is 16.8 Å². The lowest BCUT2D eigenvalue weighted by molar-refractivity contribution is -0.292. The van der Waals surface area contributed by atoms with E-state index in [2.05, 4.69) is 215 Å². The number of fused-ring (bicyclic) bond motifs is 3. The Morgan fingerprint density at radius 2 is 0.726 bits per heavy atom. The Balaban J connectivity index is 1.64. The van der Waals surface area contributed by atoms with Gasteiger partial charge in [-0.2, -0.15) is 0 Å². The fraction of sp³-hybridized carbons (Fsp3) is 0.619. The Morgan fingerprint density at radius 1 is 0.397 bits per heavy atom. The van der Waals surface area contributed by atoms with Crippen LogP contribution in [0.5, 0.6) is 11.5 Å². The Bertz CT molecular complexity index is 2830. The van der Waals surface area contributed by atoms with Crippen molar-refractivity contribution >= 4 is 38.8 Å². The van der Waals surface area contributed by atoms with Gasteiger partial charge in [0.2, 0.25) is 0 Å². The summed E-state index contributed by atoms with van der Waals surface area (Å²) in [6, 6.07) is 18.6. The van der Waals surface area contributed by atoms with Gasteiger partial charge in [-0.1, -0.05) is 190 Å². The number of rotatable bonds is 5. The van der Waals surface area contributed by atoms with Gasteiger partial charge in [0, 0.05) is 44.2 Å². The molecule has 73 heavy (non-hydrogen) atoms. The molecule has 0 N–H and O–H groups in total. The van der Waals surface area contributed by atoms with E-state index >= 15 is 0 Å². The maximum atomic E-state index is 7.75. The molecule has 10 heteroatoms. The largest absolute Gasteiger partial charge is 0.453 e. The number of hydrogen-bond donors (Lipinski definition) is 0. The molecule has 0 aliphatic carbocycles. The van der Waals surface area contributed by atoms with Gasteiger partial charge in [-0.25, -0.2) is 0 Å². The van der Waals surface area contributed by atoms with Crippen LogP contribution in [0.25, 0.3) is 33.1 Å². The van der Waals surface area contributed by atoms with Gasteiger partial charge in [0.25, 0.3) is 0 Å². The maximum Gasteiger partial charge on any atom is 0.453 e. The van der Waals surface area contributed by atoms with Crippen molar-refractivity contribution in [3.8, 4) is 22.6 Å². The SMILES string of the molecule is CC1(C)OCC2(COP(Oc3c(-c4cc(C(C)(C)C)cc(C(C)(C)C)c4Op4oc5c(C(C)(C)C)cc(C(C)(C)C)cc5c5cc(C(C)(C)C)cc(C(C)(C)C)c5o4)cc(C(C)(C)C)cc3C(C)(C)C)O2)CO1. The highest BCUT2D eigenvalue weighted by Crippen LogP contribution is 2.58. The highest BCUT2D eigenvalue weighted by molar-refractivity contribution is 7.42. The third-order valence-electron chi connectivity index (χ3n) is 14.4. The third-order valence-corrected chi connectivity index (χ3v) is 16.6. The molecule has 7 rings (SSSR count). The molecule has 0 amide bonds. The lowest BCUT2D eigenvalue weighted by atomic mass is 9.75. The van der Waals surface area contributed by atoms with Crippen molar-refractivity contribution in [1.82, 2.24) is 0 Å². The van der Waals surface area contributed by atoms with Crippen LogP contribution in [-0.2, 0) is 61.8 Å². The van der Waals surface area contributed by atoms with Gasteiger partial charge in [0.05, 0.1) is 19.8 Å². The first-order chi connectivity index (χ1) is 32.9. The predicted octanol–water partition coefficient (Wildman–Crippen LogP) is 19.4. The minimum absolute atomic E-state index is 0.137. The molecule has 8 nitrogen and oxygen atoms in total. The predicted molar refractivity (Wildman–Crippen MR) is 307 cm³/mol. The second-order valence-corrected chi connectivity index (χ2v) is 32.0. The van der Waals surface area contributed by atoms with E-state index in [4.69, 9.17) is 36.0 Å². The molecule has 1 spiro atoms. The molecule has 402 valence electrons. The number of benzene rings is 4. The van der Waals surface area contributed by atoms with Crippen molar-refractivity contribution in [3.05, 3.63) is 93.0 Å². The van der Waals surface area contributed by atoms with Crippen molar-refractivity contribution in [1.29, 1.82) is 0 Å². The summed E-state index contributed by atoms with van der Waals surface area (Å²) < 4.78 is 55.6. The molecule has 3 heterocycles. The molecular weight excluding hydrogens is 947 g/mol. The highest BCUT2D eigenvalue weighted by Gasteiger charge is 2.50. The zero-order valence-corrected chi connectivity index (χ0v) is 51.7. The van der Waals surface area contributed by atoms with Gasteiger partial charge in [0.15, 0.2) is 5.79 Å². The Labute approximate surface area is 443 Å². The average Bonchev–Trinajstić information content (AvgIpc) is 3.53. The summed E-state index contributed by atoms with van der Waals surface area (Å²) in [7, 11) is -4.05. The molecule has 5 aromatic rings. The van der Waals surface area contributed by atoms with Gasteiger partial charge in [-0.15, -0.1) is 0 Å². The highest BCUT2D eigenvalue weighted by atomic mass is 31.2. The monoisotopic (exact) mass is 1040 g/mol. The van der Waals surface area contributed by atoms with Gasteiger partial charge >= 0.3 is 16.8 Å². The number of ether oxygens (including phenoxy) is 2. The van der Waals surface area contributed by atoms with E-state index in [1.165, 1.54) is 22.3 Å². The van der Waals surface area contributed by atoms with E-state index in [-0.39, 0.29) is 37.9 Å². The van der Waals surface area contributed by atoms with Gasteiger partial charge in [-0.05, 0) is 104 Å². The molecule has 0 saturated carbocycles. The summed E-state index contributed by atoms with van der Waals surface area (Å²) in [6.07, 6.45) is 0. The first-order valence-electron chi connectivity index (χ1n) is 26.6. The molecule has 1 aromatic heterocycles. The van der Waals surface area contributed by atoms with Crippen LogP contribution in [0.15, 0.2) is 56.9 Å². The summed E-state index contributed by atoms with van der Waals surface area (Å²) >= 11 is 0. The van der Waals surface area contributed by atoms with Crippen LogP contribution in [0, 0.1) is 0 Å². The van der Waals surface area contributed by atoms with Crippen molar-refractivity contribution in [2.24, 2.45) is 0 Å². The first kappa shape index (κ1) is 57.4. The molecule has 4 aromatic carbocycles. The minimum Gasteiger partial charge on any atom is -0.426 e. The average molecular weight is 1040 g/mol. The zero-order chi connectivity index (χ0) is 54.8. The molecule has 2 fully saturated rings.